The number of ether oxygens (including phenoxy) is 2. The van der Waals surface area contributed by atoms with Crippen LogP contribution in [0.1, 0.15) is 37.5 Å². The molecule has 0 aliphatic rings. The molecule has 0 bridgehead atoms. The Morgan fingerprint density at radius 3 is 1.72 bits per heavy atom. The van der Waals surface area contributed by atoms with Crippen LogP contribution >= 0.6 is 0 Å². The Labute approximate surface area is 175 Å². The third-order valence-electron chi connectivity index (χ3n) is 4.52. The van der Waals surface area contributed by atoms with Crippen LogP contribution in [0.15, 0.2) is 78.9 Å². The molecule has 154 valence electrons. The maximum atomic E-state index is 6.12. The summed E-state index contributed by atoms with van der Waals surface area (Å²) in [6.07, 6.45) is 0.942. The average Bonchev–Trinajstić information content (AvgIpc) is 2.79. The van der Waals surface area contributed by atoms with Crippen LogP contribution in [0.2, 0.25) is 0 Å². The van der Waals surface area contributed by atoms with Gasteiger partial charge in [0, 0.05) is 6.04 Å². The minimum atomic E-state index is 0.406. The summed E-state index contributed by atoms with van der Waals surface area (Å²) in [7, 11) is 1.98. The molecule has 29 heavy (non-hydrogen) atoms. The van der Waals surface area contributed by atoms with Crippen LogP contribution in [0.4, 0.5) is 0 Å². The first-order valence-electron chi connectivity index (χ1n) is 10.4. The highest BCUT2D eigenvalue weighted by molar-refractivity contribution is 5.43. The zero-order valence-corrected chi connectivity index (χ0v) is 18.0. The summed E-state index contributed by atoms with van der Waals surface area (Å²) in [6.45, 7) is 7.21. The lowest BCUT2D eigenvalue weighted by Crippen LogP contribution is -2.23. The van der Waals surface area contributed by atoms with Crippen molar-refractivity contribution >= 4 is 0 Å². The van der Waals surface area contributed by atoms with E-state index in [1.165, 1.54) is 5.56 Å². The molecular formula is C26H33NO2. The van der Waals surface area contributed by atoms with E-state index in [0.29, 0.717) is 19.3 Å². The number of nitrogens with one attached hydrogen (secondary N) is 1. The fourth-order valence-corrected chi connectivity index (χ4v) is 2.84. The zero-order valence-electron chi connectivity index (χ0n) is 18.0. The maximum Gasteiger partial charge on any atom is 0.161 e. The Morgan fingerprint density at radius 1 is 0.690 bits per heavy atom. The summed E-state index contributed by atoms with van der Waals surface area (Å²) in [5.41, 5.74) is 3.51. The van der Waals surface area contributed by atoms with Gasteiger partial charge in [-0.3, -0.25) is 0 Å². The molecule has 0 radical (unpaired) electrons. The highest BCUT2D eigenvalue weighted by Gasteiger charge is 2.10. The smallest absolute Gasteiger partial charge is 0.161 e. The zero-order chi connectivity index (χ0) is 20.9. The standard InChI is InChI=1S/C24H27NO2.C2H6/c1-19(25-2)15-22-13-14-23(26-17-20-9-5-3-6-10-20)24(16-22)27-18-21-11-7-4-8-12-21;1-2/h3-14,16,19,25H,15,17-18H2,1-2H3;1-2H3. The van der Waals surface area contributed by atoms with Gasteiger partial charge in [-0.2, -0.15) is 0 Å². The fourth-order valence-electron chi connectivity index (χ4n) is 2.84. The second kappa shape index (κ2) is 12.6. The van der Waals surface area contributed by atoms with Crippen LogP contribution in [0.5, 0.6) is 11.5 Å². The molecule has 0 spiro atoms. The third-order valence-corrected chi connectivity index (χ3v) is 4.52. The van der Waals surface area contributed by atoms with Crippen LogP contribution in [0.3, 0.4) is 0 Å². The lowest BCUT2D eigenvalue weighted by atomic mass is 10.1. The molecule has 3 heteroatoms. The minimum absolute atomic E-state index is 0.406. The summed E-state index contributed by atoms with van der Waals surface area (Å²) in [6, 6.07) is 27.0. The van der Waals surface area contributed by atoms with Gasteiger partial charge in [0.1, 0.15) is 13.2 Å². The molecule has 3 aromatic carbocycles. The largest absolute Gasteiger partial charge is 0.485 e. The molecule has 0 heterocycles. The second-order valence-electron chi connectivity index (χ2n) is 6.72. The van der Waals surface area contributed by atoms with E-state index in [0.717, 1.165) is 29.0 Å². The van der Waals surface area contributed by atoms with Crippen molar-refractivity contribution < 1.29 is 9.47 Å². The molecule has 0 saturated heterocycles. The quantitative estimate of drug-likeness (QED) is 0.484. The molecule has 0 aliphatic heterocycles. The Balaban J connectivity index is 0.00000145. The van der Waals surface area contributed by atoms with Gasteiger partial charge in [-0.05, 0) is 49.2 Å². The van der Waals surface area contributed by atoms with Gasteiger partial charge >= 0.3 is 0 Å². The van der Waals surface area contributed by atoms with Gasteiger partial charge in [0.05, 0.1) is 0 Å². The molecule has 3 aromatic rings. The Morgan fingerprint density at radius 2 is 1.21 bits per heavy atom. The van der Waals surface area contributed by atoms with Crippen LogP contribution < -0.4 is 14.8 Å². The van der Waals surface area contributed by atoms with Crippen LogP contribution in [-0.4, -0.2) is 13.1 Å². The van der Waals surface area contributed by atoms with Crippen molar-refractivity contribution in [3.8, 4) is 11.5 Å². The van der Waals surface area contributed by atoms with E-state index in [2.05, 4.69) is 48.6 Å². The molecule has 1 N–H and O–H groups in total. The number of likely N-dealkylation sites (N-methyl/N-ethyl adjacent to an activating group) is 1. The third kappa shape index (κ3) is 7.63. The maximum absolute atomic E-state index is 6.12. The number of rotatable bonds is 9. The van der Waals surface area contributed by atoms with Crippen LogP contribution in [0, 0.1) is 0 Å². The summed E-state index contributed by atoms with van der Waals surface area (Å²) < 4.78 is 12.2. The first-order valence-corrected chi connectivity index (χ1v) is 10.4. The van der Waals surface area contributed by atoms with Gasteiger partial charge in [-0.1, -0.05) is 80.6 Å². The van der Waals surface area contributed by atoms with Crippen molar-refractivity contribution in [2.75, 3.05) is 7.05 Å². The van der Waals surface area contributed by atoms with Crippen LogP contribution in [0.25, 0.3) is 0 Å². The van der Waals surface area contributed by atoms with Crippen molar-refractivity contribution in [1.82, 2.24) is 5.32 Å². The van der Waals surface area contributed by atoms with E-state index < -0.39 is 0 Å². The summed E-state index contributed by atoms with van der Waals surface area (Å²) in [4.78, 5) is 0. The van der Waals surface area contributed by atoms with Gasteiger partial charge < -0.3 is 14.8 Å². The normalized spacial score (nSPS) is 11.2. The van der Waals surface area contributed by atoms with Gasteiger partial charge in [0.2, 0.25) is 0 Å². The lowest BCUT2D eigenvalue weighted by Gasteiger charge is -2.16. The van der Waals surface area contributed by atoms with E-state index in [4.69, 9.17) is 9.47 Å². The molecule has 0 amide bonds. The van der Waals surface area contributed by atoms with Crippen molar-refractivity contribution in [2.45, 2.75) is 46.4 Å². The molecule has 3 rings (SSSR count). The van der Waals surface area contributed by atoms with E-state index >= 15 is 0 Å². The second-order valence-corrected chi connectivity index (χ2v) is 6.72. The summed E-state index contributed by atoms with van der Waals surface area (Å²) in [5.74, 6) is 1.56. The van der Waals surface area contributed by atoms with Gasteiger partial charge in [-0.15, -0.1) is 0 Å². The van der Waals surface area contributed by atoms with Gasteiger partial charge in [0.15, 0.2) is 11.5 Å². The van der Waals surface area contributed by atoms with Crippen molar-refractivity contribution in [3.05, 3.63) is 95.6 Å². The molecule has 1 unspecified atom stereocenters. The van der Waals surface area contributed by atoms with Crippen molar-refractivity contribution in [1.29, 1.82) is 0 Å². The molecule has 0 saturated carbocycles. The fraction of sp³-hybridized carbons (Fsp3) is 0.308. The number of hydrogen-bond acceptors (Lipinski definition) is 3. The first-order chi connectivity index (χ1) is 14.2. The lowest BCUT2D eigenvalue weighted by molar-refractivity contribution is 0.255. The van der Waals surface area contributed by atoms with Crippen LogP contribution in [-0.2, 0) is 19.6 Å². The van der Waals surface area contributed by atoms with Gasteiger partial charge in [0.25, 0.3) is 0 Å². The molecule has 0 aliphatic carbocycles. The Bertz CT molecular complexity index is 819. The molecule has 0 fully saturated rings. The highest BCUT2D eigenvalue weighted by Crippen LogP contribution is 2.30. The summed E-state index contributed by atoms with van der Waals surface area (Å²) in [5, 5.41) is 3.28. The van der Waals surface area contributed by atoms with E-state index in [-0.39, 0.29) is 0 Å². The minimum Gasteiger partial charge on any atom is -0.485 e. The topological polar surface area (TPSA) is 30.5 Å². The van der Waals surface area contributed by atoms with E-state index in [1.54, 1.807) is 0 Å². The monoisotopic (exact) mass is 391 g/mol. The molecule has 0 aromatic heterocycles. The van der Waals surface area contributed by atoms with Crippen molar-refractivity contribution in [3.63, 3.8) is 0 Å². The molecule has 3 nitrogen and oxygen atoms in total. The van der Waals surface area contributed by atoms with Gasteiger partial charge in [-0.25, -0.2) is 0 Å². The highest BCUT2D eigenvalue weighted by atomic mass is 16.5. The molecule has 1 atom stereocenters. The van der Waals surface area contributed by atoms with E-state index in [9.17, 15) is 0 Å². The Kier molecular flexibility index (Phi) is 9.81. The Hall–Kier alpha value is -2.78. The van der Waals surface area contributed by atoms with E-state index in [1.807, 2.05) is 63.4 Å². The predicted molar refractivity (Wildman–Crippen MR) is 122 cm³/mol. The SMILES string of the molecule is CC.CNC(C)Cc1ccc(OCc2ccccc2)c(OCc2ccccc2)c1. The molecular weight excluding hydrogens is 358 g/mol. The summed E-state index contributed by atoms with van der Waals surface area (Å²) >= 11 is 0. The first kappa shape index (κ1) is 22.5. The average molecular weight is 392 g/mol. The number of benzene rings is 3. The van der Waals surface area contributed by atoms with Crippen molar-refractivity contribution in [2.24, 2.45) is 0 Å². The predicted octanol–water partition coefficient (Wildman–Crippen LogP) is 6.02. The number of hydrogen-bond donors (Lipinski definition) is 1.